The van der Waals surface area contributed by atoms with E-state index in [0.29, 0.717) is 48.4 Å². The highest BCUT2D eigenvalue weighted by molar-refractivity contribution is 7.88. The molecule has 1 spiro atoms. The van der Waals surface area contributed by atoms with Crippen LogP contribution in [0.3, 0.4) is 0 Å². The second-order valence-electron chi connectivity index (χ2n) is 8.64. The summed E-state index contributed by atoms with van der Waals surface area (Å²) in [6.07, 6.45) is 2.74. The van der Waals surface area contributed by atoms with Crippen molar-refractivity contribution in [2.45, 2.75) is 29.8 Å². The number of halogens is 3. The number of fused-ring (bicyclic) bond motifs is 6. The number of benzene rings is 2. The second kappa shape index (κ2) is 6.92. The minimum Gasteiger partial charge on any atom is -0.381 e. The smallest absolute Gasteiger partial charge is 0.381 e. The molecule has 0 radical (unpaired) electrons. The van der Waals surface area contributed by atoms with Crippen molar-refractivity contribution in [2.75, 3.05) is 13.2 Å². The maximum Gasteiger partial charge on any atom is 0.534 e. The molecule has 7 nitrogen and oxygen atoms in total. The normalized spacial score (nSPS) is 20.9. The van der Waals surface area contributed by atoms with Gasteiger partial charge in [-0.25, -0.2) is 0 Å². The monoisotopic (exact) mass is 490 g/mol. The van der Waals surface area contributed by atoms with Gasteiger partial charge in [-0.2, -0.15) is 21.6 Å². The lowest BCUT2D eigenvalue weighted by molar-refractivity contribution is -0.0500. The van der Waals surface area contributed by atoms with Gasteiger partial charge in [0.1, 0.15) is 11.8 Å². The van der Waals surface area contributed by atoms with Crippen LogP contribution in [0.25, 0.3) is 10.9 Å². The number of rotatable bonds is 3. The summed E-state index contributed by atoms with van der Waals surface area (Å²) in [5, 5.41) is 0.751. The number of aromatic amines is 1. The van der Waals surface area contributed by atoms with Crippen LogP contribution in [-0.4, -0.2) is 44.1 Å². The van der Waals surface area contributed by atoms with Gasteiger partial charge in [-0.15, -0.1) is 0 Å². The van der Waals surface area contributed by atoms with Crippen LogP contribution in [0.4, 0.5) is 13.2 Å². The molecule has 1 atom stereocenters. The summed E-state index contributed by atoms with van der Waals surface area (Å²) in [6.45, 7) is 0.741. The summed E-state index contributed by atoms with van der Waals surface area (Å²) in [5.41, 5.74) is -2.67. The third kappa shape index (κ3) is 3.03. The molecule has 0 bridgehead atoms. The molecule has 2 aromatic carbocycles. The van der Waals surface area contributed by atoms with Crippen LogP contribution in [0.15, 0.2) is 41.4 Å². The molecule has 0 amide bonds. The number of carbonyl (C=O) groups excluding carboxylic acids is 1. The van der Waals surface area contributed by atoms with Gasteiger partial charge in [0.25, 0.3) is 0 Å². The molecule has 1 aromatic heterocycles. The fourth-order valence-corrected chi connectivity index (χ4v) is 5.51. The zero-order chi connectivity index (χ0) is 23.9. The number of nitrogens with zero attached hydrogens (tertiary/aromatic N) is 1. The van der Waals surface area contributed by atoms with Crippen molar-refractivity contribution >= 4 is 33.0 Å². The zero-order valence-corrected chi connectivity index (χ0v) is 18.3. The molecular weight excluding hydrogens is 473 g/mol. The lowest BCUT2D eigenvalue weighted by atomic mass is 9.64. The molecule has 1 N–H and O–H groups in total. The maximum atomic E-state index is 13.6. The largest absolute Gasteiger partial charge is 0.534 e. The Balaban J connectivity index is 1.53. The van der Waals surface area contributed by atoms with Crippen molar-refractivity contribution in [3.05, 3.63) is 64.3 Å². The third-order valence-electron chi connectivity index (χ3n) is 6.75. The van der Waals surface area contributed by atoms with Gasteiger partial charge in [-0.1, -0.05) is 12.1 Å². The Kier molecular flexibility index (Phi) is 4.35. The fourth-order valence-electron chi connectivity index (χ4n) is 5.06. The number of hydrogen-bond acceptors (Lipinski definition) is 6. The minimum absolute atomic E-state index is 0.0324. The lowest BCUT2D eigenvalue weighted by Gasteiger charge is -2.41. The van der Waals surface area contributed by atoms with E-state index < -0.39 is 26.8 Å². The van der Waals surface area contributed by atoms with Gasteiger partial charge in [-0.05, 0) is 48.2 Å². The van der Waals surface area contributed by atoms with E-state index in [4.69, 9.17) is 4.74 Å². The number of carbonyl (C=O) groups is 1. The number of aliphatic imine (C=N–C) groups is 1. The summed E-state index contributed by atoms with van der Waals surface area (Å²) in [6, 6.07) is 9.43. The molecule has 3 heterocycles. The van der Waals surface area contributed by atoms with Gasteiger partial charge < -0.3 is 13.9 Å². The first-order valence-electron chi connectivity index (χ1n) is 10.6. The van der Waals surface area contributed by atoms with E-state index in [2.05, 4.69) is 14.2 Å². The molecule has 6 rings (SSSR count). The molecule has 1 saturated heterocycles. The summed E-state index contributed by atoms with van der Waals surface area (Å²) in [5.74, 6) is -0.781. The Labute approximate surface area is 191 Å². The number of ether oxygens (including phenoxy) is 1. The maximum absolute atomic E-state index is 13.6. The van der Waals surface area contributed by atoms with E-state index in [9.17, 15) is 26.4 Å². The minimum atomic E-state index is -5.85. The Morgan fingerprint density at radius 3 is 2.53 bits per heavy atom. The van der Waals surface area contributed by atoms with Gasteiger partial charge >= 0.3 is 15.6 Å². The van der Waals surface area contributed by atoms with Crippen molar-refractivity contribution in [1.29, 1.82) is 0 Å². The fraction of sp³-hybridized carbons (Fsp3) is 0.304. The molecule has 1 unspecified atom stereocenters. The molecule has 1 fully saturated rings. The van der Waals surface area contributed by atoms with E-state index in [1.165, 1.54) is 12.1 Å². The first-order chi connectivity index (χ1) is 16.1. The van der Waals surface area contributed by atoms with Gasteiger partial charge in [0, 0.05) is 47.0 Å². The van der Waals surface area contributed by atoms with Crippen molar-refractivity contribution < 1.29 is 35.3 Å². The molecule has 1 aliphatic carbocycles. The van der Waals surface area contributed by atoms with Crippen molar-refractivity contribution in [2.24, 2.45) is 4.99 Å². The Morgan fingerprint density at radius 1 is 1.12 bits per heavy atom. The molecule has 2 aliphatic heterocycles. The predicted molar refractivity (Wildman–Crippen MR) is 116 cm³/mol. The number of alkyl halides is 3. The van der Waals surface area contributed by atoms with Gasteiger partial charge in [0.05, 0.1) is 5.56 Å². The zero-order valence-electron chi connectivity index (χ0n) is 17.5. The average molecular weight is 490 g/mol. The first-order valence-corrected chi connectivity index (χ1v) is 12.0. The van der Waals surface area contributed by atoms with E-state index in [0.717, 1.165) is 22.5 Å². The van der Waals surface area contributed by atoms with Crippen LogP contribution in [-0.2, 0) is 20.3 Å². The number of aromatic nitrogens is 1. The molecule has 0 saturated carbocycles. The Bertz CT molecular complexity index is 1490. The van der Waals surface area contributed by atoms with E-state index in [-0.39, 0.29) is 11.8 Å². The SMILES string of the molecule is O=C1c2ccc(OS(=O)(=O)C(F)(F)F)cc2C2(CCOCC2)c2[nH]c3cc(C4C=N4)ccc3c21. The molecule has 11 heteroatoms. The van der Waals surface area contributed by atoms with Gasteiger partial charge in [0.2, 0.25) is 0 Å². The molecule has 3 aliphatic rings. The number of hydrogen-bond donors (Lipinski definition) is 1. The highest BCUT2D eigenvalue weighted by Crippen LogP contribution is 2.50. The number of nitrogens with one attached hydrogen (secondary N) is 1. The van der Waals surface area contributed by atoms with Crippen LogP contribution in [0, 0.1) is 0 Å². The number of H-pyrrole nitrogens is 1. The molecule has 3 aromatic rings. The lowest BCUT2D eigenvalue weighted by Crippen LogP contribution is -2.40. The van der Waals surface area contributed by atoms with Crippen molar-refractivity contribution in [3.63, 3.8) is 0 Å². The highest BCUT2D eigenvalue weighted by atomic mass is 32.2. The number of ketones is 1. The van der Waals surface area contributed by atoms with Gasteiger partial charge in [0.15, 0.2) is 5.78 Å². The summed E-state index contributed by atoms with van der Waals surface area (Å²) < 4.78 is 71.7. The van der Waals surface area contributed by atoms with Crippen LogP contribution >= 0.6 is 0 Å². The Morgan fingerprint density at radius 2 is 1.85 bits per heavy atom. The first kappa shape index (κ1) is 21.4. The van der Waals surface area contributed by atoms with E-state index >= 15 is 0 Å². The van der Waals surface area contributed by atoms with Crippen LogP contribution in [0.5, 0.6) is 5.75 Å². The van der Waals surface area contributed by atoms with Crippen molar-refractivity contribution in [3.8, 4) is 5.75 Å². The summed E-state index contributed by atoms with van der Waals surface area (Å²) in [4.78, 5) is 21.2. The average Bonchev–Trinajstić information content (AvgIpc) is 3.57. The third-order valence-corrected chi connectivity index (χ3v) is 7.73. The standard InChI is InChI=1S/C23H17F3N2O5S/c24-23(25,26)34(30,31)33-13-2-4-14-16(10-13)22(5-7-32-8-6-22)21-19(20(14)29)15-3-1-12(18-11-27-18)9-17(15)28-21/h1-4,9-11,18,28H,5-8H2. The molecule has 176 valence electrons. The summed E-state index contributed by atoms with van der Waals surface area (Å²) in [7, 11) is -5.85. The van der Waals surface area contributed by atoms with Crippen LogP contribution < -0.4 is 4.18 Å². The van der Waals surface area contributed by atoms with Gasteiger partial charge in [-0.3, -0.25) is 9.79 Å². The highest BCUT2D eigenvalue weighted by Gasteiger charge is 2.50. The van der Waals surface area contributed by atoms with Crippen LogP contribution in [0.1, 0.15) is 51.6 Å². The molecule has 34 heavy (non-hydrogen) atoms. The van der Waals surface area contributed by atoms with E-state index in [1.54, 1.807) is 0 Å². The van der Waals surface area contributed by atoms with E-state index in [1.807, 2.05) is 24.4 Å². The molecular formula is C23H17F3N2O5S. The van der Waals surface area contributed by atoms with Crippen LogP contribution in [0.2, 0.25) is 0 Å². The Hall–Kier alpha value is -3.18. The summed E-state index contributed by atoms with van der Waals surface area (Å²) >= 11 is 0. The predicted octanol–water partition coefficient (Wildman–Crippen LogP) is 4.16. The second-order valence-corrected chi connectivity index (χ2v) is 10.2. The topological polar surface area (TPSA) is 97.8 Å². The van der Waals surface area contributed by atoms with Crippen molar-refractivity contribution in [1.82, 2.24) is 4.98 Å². The quantitative estimate of drug-likeness (QED) is 0.439.